The van der Waals surface area contributed by atoms with Gasteiger partial charge in [0.2, 0.25) is 5.88 Å². The summed E-state index contributed by atoms with van der Waals surface area (Å²) in [6.45, 7) is 0. The van der Waals surface area contributed by atoms with Crippen molar-refractivity contribution < 1.29 is 18.7 Å². The van der Waals surface area contributed by atoms with Crippen LogP contribution < -0.4 is 19.9 Å². The first kappa shape index (κ1) is 13.4. The number of hydrogen-bond acceptors (Lipinski definition) is 6. The number of aromatic nitrogens is 1. The summed E-state index contributed by atoms with van der Waals surface area (Å²) in [5.41, 5.74) is 6.50. The van der Waals surface area contributed by atoms with Crippen molar-refractivity contribution in [3.05, 3.63) is 17.2 Å². The van der Waals surface area contributed by atoms with Crippen LogP contribution in [0.25, 0.3) is 11.3 Å². The first-order chi connectivity index (χ1) is 9.12. The van der Waals surface area contributed by atoms with E-state index in [4.69, 9.17) is 36.1 Å². The van der Waals surface area contributed by atoms with E-state index in [2.05, 4.69) is 5.16 Å². The Kier molecular flexibility index (Phi) is 3.71. The molecule has 0 saturated heterocycles. The molecule has 1 heterocycles. The number of nitrogen functional groups attached to an aromatic ring is 1. The summed E-state index contributed by atoms with van der Waals surface area (Å²) in [5.74, 6) is 1.52. The van der Waals surface area contributed by atoms with Crippen molar-refractivity contribution in [2.24, 2.45) is 0 Å². The number of nitrogens with two attached hydrogens (primary N) is 1. The molecule has 0 unspecified atom stereocenters. The number of halogens is 1. The highest BCUT2D eigenvalue weighted by molar-refractivity contribution is 6.35. The van der Waals surface area contributed by atoms with Gasteiger partial charge in [-0.05, 0) is 0 Å². The highest BCUT2D eigenvalue weighted by atomic mass is 35.5. The molecule has 0 spiro atoms. The van der Waals surface area contributed by atoms with Gasteiger partial charge in [0.05, 0.1) is 31.9 Å². The predicted molar refractivity (Wildman–Crippen MR) is 71.0 cm³/mol. The van der Waals surface area contributed by atoms with Gasteiger partial charge >= 0.3 is 0 Å². The summed E-state index contributed by atoms with van der Waals surface area (Å²) >= 11 is 6.31. The maximum Gasteiger partial charge on any atom is 0.222 e. The third kappa shape index (κ3) is 2.26. The molecular weight excluding hydrogens is 272 g/mol. The maximum absolute atomic E-state index is 6.31. The van der Waals surface area contributed by atoms with Crippen LogP contribution in [-0.2, 0) is 0 Å². The molecule has 2 rings (SSSR count). The zero-order valence-electron chi connectivity index (χ0n) is 10.7. The lowest BCUT2D eigenvalue weighted by Gasteiger charge is -2.15. The Morgan fingerprint density at radius 3 is 2.26 bits per heavy atom. The quantitative estimate of drug-likeness (QED) is 0.929. The summed E-state index contributed by atoms with van der Waals surface area (Å²) in [5, 5.41) is 4.14. The van der Waals surface area contributed by atoms with E-state index in [0.717, 1.165) is 0 Å². The Balaban J connectivity index is 2.71. The third-order valence-corrected chi connectivity index (χ3v) is 2.94. The molecule has 0 saturated carbocycles. The second kappa shape index (κ2) is 5.27. The lowest BCUT2D eigenvalue weighted by atomic mass is 10.1. The molecule has 1 aromatic heterocycles. The van der Waals surface area contributed by atoms with Crippen LogP contribution in [0.5, 0.6) is 17.2 Å². The largest absolute Gasteiger partial charge is 0.496 e. The topological polar surface area (TPSA) is 79.7 Å². The summed E-state index contributed by atoms with van der Waals surface area (Å²) in [6, 6.07) is 3.21. The molecule has 0 aliphatic heterocycles. The van der Waals surface area contributed by atoms with Crippen LogP contribution >= 0.6 is 11.6 Å². The lowest BCUT2D eigenvalue weighted by molar-refractivity contribution is 0.349. The molecule has 6 nitrogen and oxygen atoms in total. The summed E-state index contributed by atoms with van der Waals surface area (Å²) in [6.07, 6.45) is 0. The fourth-order valence-corrected chi connectivity index (χ4v) is 2.10. The minimum absolute atomic E-state index is 0.183. The molecular formula is C12H13ClN2O4. The first-order valence-corrected chi connectivity index (χ1v) is 5.71. The number of nitrogens with zero attached hydrogens (tertiary/aromatic N) is 1. The average molecular weight is 285 g/mol. The predicted octanol–water partition coefficient (Wildman–Crippen LogP) is 2.60. The SMILES string of the molecule is COc1cc(OC)c(-c2cc(N)on2)c(Cl)c1OC. The molecule has 7 heteroatoms. The number of methoxy groups -OCH3 is 3. The van der Waals surface area contributed by atoms with Crippen LogP contribution in [0.4, 0.5) is 5.88 Å². The van der Waals surface area contributed by atoms with Crippen molar-refractivity contribution in [2.75, 3.05) is 27.1 Å². The molecule has 0 radical (unpaired) electrons. The molecule has 0 amide bonds. The van der Waals surface area contributed by atoms with Crippen molar-refractivity contribution in [2.45, 2.75) is 0 Å². The van der Waals surface area contributed by atoms with Crippen molar-refractivity contribution in [1.29, 1.82) is 0 Å². The van der Waals surface area contributed by atoms with Crippen molar-refractivity contribution in [1.82, 2.24) is 5.16 Å². The van der Waals surface area contributed by atoms with Gasteiger partial charge < -0.3 is 24.5 Å². The number of ether oxygens (including phenoxy) is 3. The van der Waals surface area contributed by atoms with Crippen molar-refractivity contribution in [3.8, 4) is 28.5 Å². The Hall–Kier alpha value is -2.08. The fourth-order valence-electron chi connectivity index (χ4n) is 1.74. The van der Waals surface area contributed by atoms with Gasteiger partial charge in [-0.15, -0.1) is 0 Å². The van der Waals surface area contributed by atoms with E-state index in [1.807, 2.05) is 0 Å². The van der Waals surface area contributed by atoms with Crippen LogP contribution in [0.1, 0.15) is 0 Å². The lowest BCUT2D eigenvalue weighted by Crippen LogP contribution is -1.96. The number of hydrogen-bond donors (Lipinski definition) is 1. The minimum Gasteiger partial charge on any atom is -0.496 e. The molecule has 0 fully saturated rings. The Morgan fingerprint density at radius 1 is 1.11 bits per heavy atom. The zero-order valence-corrected chi connectivity index (χ0v) is 11.4. The van der Waals surface area contributed by atoms with Crippen LogP contribution in [0.3, 0.4) is 0 Å². The first-order valence-electron chi connectivity index (χ1n) is 5.33. The van der Waals surface area contributed by atoms with Gasteiger partial charge in [-0.1, -0.05) is 16.8 Å². The van der Waals surface area contributed by atoms with E-state index < -0.39 is 0 Å². The molecule has 19 heavy (non-hydrogen) atoms. The standard InChI is InChI=1S/C12H13ClN2O4/c1-16-7-5-8(17-2)12(18-3)11(13)10(7)6-4-9(14)19-15-6/h4-5H,14H2,1-3H3. The highest BCUT2D eigenvalue weighted by Gasteiger charge is 2.22. The van der Waals surface area contributed by atoms with Gasteiger partial charge in [0.15, 0.2) is 11.5 Å². The summed E-state index contributed by atoms with van der Waals surface area (Å²) in [4.78, 5) is 0. The minimum atomic E-state index is 0.183. The van der Waals surface area contributed by atoms with Gasteiger partial charge in [0.25, 0.3) is 0 Å². The van der Waals surface area contributed by atoms with Crippen LogP contribution in [0, 0.1) is 0 Å². The van der Waals surface area contributed by atoms with Crippen molar-refractivity contribution in [3.63, 3.8) is 0 Å². The highest BCUT2D eigenvalue weighted by Crippen LogP contribution is 2.47. The molecule has 2 aromatic rings. The number of benzene rings is 1. The molecule has 102 valence electrons. The third-order valence-electron chi connectivity index (χ3n) is 2.58. The maximum atomic E-state index is 6.31. The Bertz CT molecular complexity index is 598. The van der Waals surface area contributed by atoms with Gasteiger partial charge in [-0.3, -0.25) is 0 Å². The monoisotopic (exact) mass is 284 g/mol. The normalized spacial score (nSPS) is 10.3. The van der Waals surface area contributed by atoms with E-state index in [1.54, 1.807) is 12.1 Å². The number of anilines is 1. The van der Waals surface area contributed by atoms with E-state index in [1.165, 1.54) is 21.3 Å². The molecule has 1 aromatic carbocycles. The average Bonchev–Trinajstić information content (AvgIpc) is 2.83. The van der Waals surface area contributed by atoms with Crippen LogP contribution in [0.2, 0.25) is 5.02 Å². The fraction of sp³-hybridized carbons (Fsp3) is 0.250. The summed E-state index contributed by atoms with van der Waals surface area (Å²) < 4.78 is 20.6. The molecule has 2 N–H and O–H groups in total. The van der Waals surface area contributed by atoms with Gasteiger partial charge in [0.1, 0.15) is 11.4 Å². The number of rotatable bonds is 4. The Morgan fingerprint density at radius 2 is 1.79 bits per heavy atom. The van der Waals surface area contributed by atoms with E-state index in [9.17, 15) is 0 Å². The van der Waals surface area contributed by atoms with E-state index in [0.29, 0.717) is 33.5 Å². The van der Waals surface area contributed by atoms with Crippen LogP contribution in [-0.4, -0.2) is 26.5 Å². The van der Waals surface area contributed by atoms with Gasteiger partial charge in [-0.2, -0.15) is 0 Å². The van der Waals surface area contributed by atoms with Gasteiger partial charge in [0, 0.05) is 12.1 Å². The zero-order chi connectivity index (χ0) is 14.0. The van der Waals surface area contributed by atoms with Crippen molar-refractivity contribution >= 4 is 17.5 Å². The molecule has 0 aliphatic carbocycles. The summed E-state index contributed by atoms with van der Waals surface area (Å²) in [7, 11) is 4.53. The molecule has 0 aliphatic rings. The second-order valence-electron chi connectivity index (χ2n) is 3.62. The molecule has 0 atom stereocenters. The van der Waals surface area contributed by atoms with Crippen LogP contribution in [0.15, 0.2) is 16.7 Å². The second-order valence-corrected chi connectivity index (χ2v) is 4.00. The molecule has 0 bridgehead atoms. The van der Waals surface area contributed by atoms with E-state index >= 15 is 0 Å². The van der Waals surface area contributed by atoms with Gasteiger partial charge in [-0.25, -0.2) is 0 Å². The smallest absolute Gasteiger partial charge is 0.222 e. The Labute approximate surface area is 115 Å². The van der Waals surface area contributed by atoms with E-state index in [-0.39, 0.29) is 5.88 Å².